The Morgan fingerprint density at radius 1 is 1.00 bits per heavy atom. The number of hydrogen-bond acceptors (Lipinski definition) is 3. The molecule has 4 rings (SSSR count). The van der Waals surface area contributed by atoms with Gasteiger partial charge in [-0.1, -0.05) is 48.5 Å². The van der Waals surface area contributed by atoms with Crippen LogP contribution in [0.15, 0.2) is 72.9 Å². The van der Waals surface area contributed by atoms with Crippen LogP contribution in [-0.2, 0) is 16.0 Å². The molecule has 0 unspecified atom stereocenters. The summed E-state index contributed by atoms with van der Waals surface area (Å²) in [7, 11) is 1.33. The lowest BCUT2D eigenvalue weighted by molar-refractivity contribution is -0.142. The molecule has 0 radical (unpaired) electrons. The molecule has 1 atom stereocenters. The number of para-hydroxylation sites is 1. The van der Waals surface area contributed by atoms with Crippen LogP contribution in [0, 0.1) is 0 Å². The van der Waals surface area contributed by atoms with Crippen molar-refractivity contribution in [3.05, 3.63) is 84.1 Å². The quantitative estimate of drug-likeness (QED) is 0.523. The van der Waals surface area contributed by atoms with Gasteiger partial charge >= 0.3 is 5.97 Å². The van der Waals surface area contributed by atoms with E-state index in [1.807, 2.05) is 66.9 Å². The summed E-state index contributed by atoms with van der Waals surface area (Å²) in [5.74, 6) is -0.777. The van der Waals surface area contributed by atoms with Crippen molar-refractivity contribution in [2.45, 2.75) is 12.5 Å². The molecule has 0 fully saturated rings. The molecule has 1 aromatic heterocycles. The number of nitrogens with one attached hydrogen (secondary N) is 2. The van der Waals surface area contributed by atoms with Crippen molar-refractivity contribution in [3.8, 4) is 0 Å². The number of fused-ring (bicyclic) bond motifs is 2. The topological polar surface area (TPSA) is 71.2 Å². The molecule has 28 heavy (non-hydrogen) atoms. The average molecular weight is 372 g/mol. The molecule has 1 heterocycles. The molecule has 5 heteroatoms. The maximum Gasteiger partial charge on any atom is 0.328 e. The number of esters is 1. The van der Waals surface area contributed by atoms with E-state index in [2.05, 4.69) is 10.3 Å². The van der Waals surface area contributed by atoms with Gasteiger partial charge in [0.25, 0.3) is 5.91 Å². The van der Waals surface area contributed by atoms with E-state index in [0.29, 0.717) is 12.0 Å². The molecule has 0 aliphatic rings. The maximum atomic E-state index is 12.8. The van der Waals surface area contributed by atoms with Gasteiger partial charge in [-0.2, -0.15) is 0 Å². The van der Waals surface area contributed by atoms with Gasteiger partial charge in [-0.25, -0.2) is 4.79 Å². The zero-order chi connectivity index (χ0) is 19.5. The Kier molecular flexibility index (Phi) is 4.81. The number of ether oxygens (including phenoxy) is 1. The Morgan fingerprint density at radius 2 is 1.75 bits per heavy atom. The fourth-order valence-corrected chi connectivity index (χ4v) is 3.43. The van der Waals surface area contributed by atoms with E-state index in [4.69, 9.17) is 4.74 Å². The molecule has 0 spiro atoms. The maximum absolute atomic E-state index is 12.8. The van der Waals surface area contributed by atoms with Crippen molar-refractivity contribution >= 4 is 33.6 Å². The second kappa shape index (κ2) is 7.56. The van der Waals surface area contributed by atoms with Crippen LogP contribution in [0.4, 0.5) is 0 Å². The summed E-state index contributed by atoms with van der Waals surface area (Å²) in [6.07, 6.45) is 2.21. The van der Waals surface area contributed by atoms with Gasteiger partial charge in [-0.3, -0.25) is 4.79 Å². The lowest BCUT2D eigenvalue weighted by Crippen LogP contribution is -2.43. The summed E-state index contributed by atoms with van der Waals surface area (Å²) in [5.41, 5.74) is 2.44. The second-order valence-corrected chi connectivity index (χ2v) is 6.67. The zero-order valence-corrected chi connectivity index (χ0v) is 15.4. The summed E-state index contributed by atoms with van der Waals surface area (Å²) in [4.78, 5) is 28.3. The molecule has 1 amide bonds. The molecule has 4 aromatic rings. The molecule has 2 N–H and O–H groups in total. The number of carbonyl (C=O) groups is 2. The molecule has 0 bridgehead atoms. The van der Waals surface area contributed by atoms with Crippen molar-refractivity contribution in [3.63, 3.8) is 0 Å². The van der Waals surface area contributed by atoms with Crippen molar-refractivity contribution in [2.24, 2.45) is 0 Å². The van der Waals surface area contributed by atoms with E-state index in [0.717, 1.165) is 27.2 Å². The number of H-pyrrole nitrogens is 1. The van der Waals surface area contributed by atoms with E-state index in [1.165, 1.54) is 7.11 Å². The van der Waals surface area contributed by atoms with Crippen molar-refractivity contribution in [1.29, 1.82) is 0 Å². The van der Waals surface area contributed by atoms with Crippen LogP contribution in [-0.4, -0.2) is 30.0 Å². The molecular formula is C23H20N2O3. The highest BCUT2D eigenvalue weighted by molar-refractivity contribution is 6.00. The van der Waals surface area contributed by atoms with Crippen LogP contribution < -0.4 is 5.32 Å². The lowest BCUT2D eigenvalue weighted by Gasteiger charge is -2.16. The summed E-state index contributed by atoms with van der Waals surface area (Å²) < 4.78 is 4.92. The minimum Gasteiger partial charge on any atom is -0.467 e. The zero-order valence-electron chi connectivity index (χ0n) is 15.4. The van der Waals surface area contributed by atoms with Gasteiger partial charge < -0.3 is 15.0 Å². The van der Waals surface area contributed by atoms with E-state index in [1.54, 1.807) is 6.07 Å². The van der Waals surface area contributed by atoms with Crippen molar-refractivity contribution in [2.75, 3.05) is 7.11 Å². The number of benzene rings is 3. The minimum absolute atomic E-state index is 0.305. The van der Waals surface area contributed by atoms with E-state index in [9.17, 15) is 9.59 Å². The van der Waals surface area contributed by atoms with Gasteiger partial charge in [0.15, 0.2) is 0 Å². The van der Waals surface area contributed by atoms with Crippen molar-refractivity contribution < 1.29 is 14.3 Å². The monoisotopic (exact) mass is 372 g/mol. The lowest BCUT2D eigenvalue weighted by atomic mass is 10.0. The van der Waals surface area contributed by atoms with Crippen LogP contribution in [0.3, 0.4) is 0 Å². The van der Waals surface area contributed by atoms with Gasteiger partial charge in [0.2, 0.25) is 0 Å². The van der Waals surface area contributed by atoms with Gasteiger partial charge in [0, 0.05) is 29.1 Å². The normalized spacial score (nSPS) is 12.0. The molecule has 3 aromatic carbocycles. The molecular weight excluding hydrogens is 352 g/mol. The number of carbonyl (C=O) groups excluding carboxylic acids is 2. The van der Waals surface area contributed by atoms with Crippen LogP contribution in [0.5, 0.6) is 0 Å². The van der Waals surface area contributed by atoms with Crippen LogP contribution in [0.25, 0.3) is 21.7 Å². The summed E-state index contributed by atoms with van der Waals surface area (Å²) in [6, 6.07) is 20.4. The van der Waals surface area contributed by atoms with Crippen molar-refractivity contribution in [1.82, 2.24) is 10.3 Å². The van der Waals surface area contributed by atoms with E-state index in [-0.39, 0.29) is 5.91 Å². The Labute approximate surface area is 162 Å². The second-order valence-electron chi connectivity index (χ2n) is 6.67. The van der Waals surface area contributed by atoms with Crippen LogP contribution in [0.2, 0.25) is 0 Å². The number of aromatic nitrogens is 1. The first-order valence-electron chi connectivity index (χ1n) is 9.08. The Morgan fingerprint density at radius 3 is 2.57 bits per heavy atom. The highest BCUT2D eigenvalue weighted by Crippen LogP contribution is 2.20. The molecule has 140 valence electrons. The third kappa shape index (κ3) is 3.47. The standard InChI is InChI=1S/C23H20N2O3/c1-28-23(27)21(13-18-14-24-20-9-5-4-8-19(18)20)25-22(26)17-11-10-15-6-2-3-7-16(15)12-17/h2-12,14,21,24H,13H2,1H3,(H,25,26)/t21-/m0/s1. The minimum atomic E-state index is -0.775. The highest BCUT2D eigenvalue weighted by atomic mass is 16.5. The van der Waals surface area contributed by atoms with E-state index < -0.39 is 12.0 Å². The highest BCUT2D eigenvalue weighted by Gasteiger charge is 2.24. The Hall–Kier alpha value is -3.60. The Bertz CT molecular complexity index is 1160. The number of methoxy groups -OCH3 is 1. The fraction of sp³-hybridized carbons (Fsp3) is 0.130. The number of amides is 1. The SMILES string of the molecule is COC(=O)[C@H](Cc1c[nH]c2ccccc12)NC(=O)c1ccc2ccccc2c1. The third-order valence-electron chi connectivity index (χ3n) is 4.90. The molecule has 0 aliphatic carbocycles. The Balaban J connectivity index is 1.58. The van der Waals surface area contributed by atoms with Gasteiger partial charge in [0.05, 0.1) is 7.11 Å². The third-order valence-corrected chi connectivity index (χ3v) is 4.90. The summed E-state index contributed by atoms with van der Waals surface area (Å²) >= 11 is 0. The van der Waals surface area contributed by atoms with Crippen LogP contribution >= 0.6 is 0 Å². The predicted molar refractivity (Wildman–Crippen MR) is 109 cm³/mol. The first-order valence-corrected chi connectivity index (χ1v) is 9.08. The van der Waals surface area contributed by atoms with Crippen LogP contribution in [0.1, 0.15) is 15.9 Å². The fourth-order valence-electron chi connectivity index (χ4n) is 3.43. The molecule has 0 aliphatic heterocycles. The van der Waals surface area contributed by atoms with E-state index >= 15 is 0 Å². The summed E-state index contributed by atoms with van der Waals surface area (Å²) in [6.45, 7) is 0. The molecule has 0 saturated heterocycles. The van der Waals surface area contributed by atoms with Gasteiger partial charge in [0.1, 0.15) is 6.04 Å². The summed E-state index contributed by atoms with van der Waals surface area (Å²) in [5, 5.41) is 5.88. The van der Waals surface area contributed by atoms with Gasteiger partial charge in [-0.15, -0.1) is 0 Å². The first-order chi connectivity index (χ1) is 13.7. The molecule has 5 nitrogen and oxygen atoms in total. The number of hydrogen-bond donors (Lipinski definition) is 2. The number of aromatic amines is 1. The molecule has 0 saturated carbocycles. The average Bonchev–Trinajstić information content (AvgIpc) is 3.15. The predicted octanol–water partition coefficient (Wildman–Crippen LogP) is 3.84. The number of rotatable bonds is 5. The first kappa shape index (κ1) is 17.8. The smallest absolute Gasteiger partial charge is 0.328 e. The largest absolute Gasteiger partial charge is 0.467 e. The van der Waals surface area contributed by atoms with Gasteiger partial charge in [-0.05, 0) is 34.5 Å².